The minimum absolute atomic E-state index is 0.000707. The van der Waals surface area contributed by atoms with Crippen molar-refractivity contribution >= 4 is 21.8 Å². The third-order valence-corrected chi connectivity index (χ3v) is 6.49. The number of carbonyl (C=O) groups excluding carboxylic acids is 2. The zero-order valence-electron chi connectivity index (χ0n) is 16.3. The summed E-state index contributed by atoms with van der Waals surface area (Å²) >= 11 is 0. The summed E-state index contributed by atoms with van der Waals surface area (Å²) in [6, 6.07) is 13.9. The smallest absolute Gasteiger partial charge is 0.269 e. The molecule has 154 valence electrons. The molecule has 1 aliphatic heterocycles. The Morgan fingerprint density at radius 3 is 2.52 bits per heavy atom. The van der Waals surface area contributed by atoms with Crippen molar-refractivity contribution in [3.05, 3.63) is 59.7 Å². The van der Waals surface area contributed by atoms with Gasteiger partial charge in [-0.3, -0.25) is 9.59 Å². The molecule has 0 saturated heterocycles. The highest BCUT2D eigenvalue weighted by Gasteiger charge is 2.40. The molecule has 0 fully saturated rings. The summed E-state index contributed by atoms with van der Waals surface area (Å²) in [4.78, 5) is 24.4. The van der Waals surface area contributed by atoms with Gasteiger partial charge in [0.1, 0.15) is 10.6 Å². The van der Waals surface area contributed by atoms with Crippen molar-refractivity contribution < 1.29 is 22.7 Å². The second-order valence-electron chi connectivity index (χ2n) is 6.66. The average Bonchev–Trinajstić information content (AvgIpc) is 2.91. The van der Waals surface area contributed by atoms with Gasteiger partial charge in [-0.05, 0) is 49.6 Å². The minimum Gasteiger partial charge on any atom is -0.494 e. The highest BCUT2D eigenvalue weighted by molar-refractivity contribution is 7.90. The lowest BCUT2D eigenvalue weighted by atomic mass is 10.1. The quantitative estimate of drug-likeness (QED) is 0.634. The summed E-state index contributed by atoms with van der Waals surface area (Å²) in [6.45, 7) is 2.87. The summed E-state index contributed by atoms with van der Waals surface area (Å²) in [6.07, 6.45) is 1.50. The molecule has 3 rings (SSSR count). The molecule has 8 heteroatoms. The van der Waals surface area contributed by atoms with Crippen molar-refractivity contribution in [2.24, 2.45) is 0 Å². The van der Waals surface area contributed by atoms with Crippen LogP contribution >= 0.6 is 0 Å². The normalized spacial score (nSPS) is 14.5. The predicted molar refractivity (Wildman–Crippen MR) is 108 cm³/mol. The highest BCUT2D eigenvalue weighted by atomic mass is 32.2. The van der Waals surface area contributed by atoms with Gasteiger partial charge in [0, 0.05) is 19.5 Å². The Morgan fingerprint density at radius 1 is 1.10 bits per heavy atom. The van der Waals surface area contributed by atoms with E-state index in [1.54, 1.807) is 12.1 Å². The summed E-state index contributed by atoms with van der Waals surface area (Å²) < 4.78 is 31.1. The lowest BCUT2D eigenvalue weighted by molar-refractivity contribution is -0.121. The van der Waals surface area contributed by atoms with Crippen LogP contribution in [-0.2, 0) is 21.2 Å². The van der Waals surface area contributed by atoms with Crippen molar-refractivity contribution in [2.75, 3.05) is 19.7 Å². The van der Waals surface area contributed by atoms with Gasteiger partial charge in [0.15, 0.2) is 0 Å². The number of nitrogens with one attached hydrogen (secondary N) is 1. The molecule has 1 heterocycles. The van der Waals surface area contributed by atoms with E-state index >= 15 is 0 Å². The number of benzene rings is 2. The van der Waals surface area contributed by atoms with Gasteiger partial charge in [-0.25, -0.2) is 12.7 Å². The van der Waals surface area contributed by atoms with Gasteiger partial charge in [-0.2, -0.15) is 0 Å². The molecule has 0 bridgehead atoms. The fourth-order valence-electron chi connectivity index (χ4n) is 3.18. The molecular weight excluding hydrogens is 392 g/mol. The molecule has 0 aliphatic carbocycles. The van der Waals surface area contributed by atoms with E-state index in [0.29, 0.717) is 13.2 Å². The molecule has 2 aromatic carbocycles. The molecule has 29 heavy (non-hydrogen) atoms. The van der Waals surface area contributed by atoms with Gasteiger partial charge >= 0.3 is 0 Å². The molecule has 2 aromatic rings. The van der Waals surface area contributed by atoms with E-state index in [2.05, 4.69) is 5.32 Å². The third-order valence-electron chi connectivity index (χ3n) is 4.65. The number of nitrogens with zero attached hydrogens (tertiary/aromatic N) is 1. The monoisotopic (exact) mass is 416 g/mol. The van der Waals surface area contributed by atoms with Crippen LogP contribution in [0.15, 0.2) is 53.4 Å². The molecule has 0 spiro atoms. The fraction of sp³-hybridized carbons (Fsp3) is 0.333. The Kier molecular flexibility index (Phi) is 6.53. The summed E-state index contributed by atoms with van der Waals surface area (Å²) in [5.41, 5.74) is 1.30. The Labute approximate surface area is 170 Å². The van der Waals surface area contributed by atoms with Crippen LogP contribution in [-0.4, -0.2) is 44.2 Å². The number of rotatable bonds is 9. The minimum atomic E-state index is -3.87. The van der Waals surface area contributed by atoms with Crippen LogP contribution < -0.4 is 10.1 Å². The van der Waals surface area contributed by atoms with Crippen LogP contribution in [0.2, 0.25) is 0 Å². The first-order valence-electron chi connectivity index (χ1n) is 9.58. The zero-order chi connectivity index (χ0) is 20.9. The van der Waals surface area contributed by atoms with Crippen LogP contribution in [0.25, 0.3) is 0 Å². The van der Waals surface area contributed by atoms with Crippen LogP contribution in [0.4, 0.5) is 0 Å². The fourth-order valence-corrected chi connectivity index (χ4v) is 4.75. The standard InChI is InChI=1S/C21H24N2O5S/c1-2-28-17-11-9-16(10-12-17)6-5-14-22-20(24)13-15-23-21(25)18-7-3-4-8-19(18)29(23,26)27/h3-4,7-12H,2,5-6,13-15H2,1H3,(H,22,24). The second kappa shape index (κ2) is 9.09. The van der Waals surface area contributed by atoms with Gasteiger partial charge < -0.3 is 10.1 Å². The van der Waals surface area contributed by atoms with Gasteiger partial charge in [-0.15, -0.1) is 0 Å². The Morgan fingerprint density at radius 2 is 1.83 bits per heavy atom. The second-order valence-corrected chi connectivity index (χ2v) is 8.49. The van der Waals surface area contributed by atoms with Gasteiger partial charge in [0.05, 0.1) is 12.2 Å². The van der Waals surface area contributed by atoms with E-state index in [1.165, 1.54) is 12.1 Å². The molecule has 0 atom stereocenters. The van der Waals surface area contributed by atoms with E-state index in [1.807, 2.05) is 31.2 Å². The predicted octanol–water partition coefficient (Wildman–Crippen LogP) is 2.37. The van der Waals surface area contributed by atoms with Gasteiger partial charge in [0.2, 0.25) is 5.91 Å². The van der Waals surface area contributed by atoms with Crippen LogP contribution in [0, 0.1) is 0 Å². The zero-order valence-corrected chi connectivity index (χ0v) is 17.1. The lowest BCUT2D eigenvalue weighted by Gasteiger charge is -2.14. The average molecular weight is 416 g/mol. The third kappa shape index (κ3) is 4.76. The van der Waals surface area contributed by atoms with E-state index < -0.39 is 15.9 Å². The van der Waals surface area contributed by atoms with Crippen molar-refractivity contribution in [1.29, 1.82) is 0 Å². The molecule has 0 saturated carbocycles. The first kappa shape index (κ1) is 20.9. The number of hydrogen-bond acceptors (Lipinski definition) is 5. The summed E-state index contributed by atoms with van der Waals surface area (Å²) in [7, 11) is -3.87. The number of amides is 2. The number of ether oxygens (including phenoxy) is 1. The molecule has 2 amide bonds. The van der Waals surface area contributed by atoms with Crippen molar-refractivity contribution in [2.45, 2.75) is 31.1 Å². The van der Waals surface area contributed by atoms with E-state index in [-0.39, 0.29) is 29.3 Å². The largest absolute Gasteiger partial charge is 0.494 e. The molecule has 0 unspecified atom stereocenters. The molecule has 0 aromatic heterocycles. The SMILES string of the molecule is CCOc1ccc(CCCNC(=O)CCN2C(=O)c3ccccc3S2(=O)=O)cc1. The molecule has 7 nitrogen and oxygen atoms in total. The topological polar surface area (TPSA) is 92.8 Å². The van der Waals surface area contributed by atoms with Crippen molar-refractivity contribution in [3.8, 4) is 5.75 Å². The van der Waals surface area contributed by atoms with Gasteiger partial charge in [0.25, 0.3) is 15.9 Å². The Hall–Kier alpha value is -2.87. The lowest BCUT2D eigenvalue weighted by Crippen LogP contribution is -2.35. The number of hydrogen-bond donors (Lipinski definition) is 1. The number of sulfonamides is 1. The molecule has 1 aliphatic rings. The van der Waals surface area contributed by atoms with Crippen LogP contribution in [0.5, 0.6) is 5.75 Å². The Balaban J connectivity index is 1.42. The summed E-state index contributed by atoms with van der Waals surface area (Å²) in [5.74, 6) is -0.0299. The first-order valence-corrected chi connectivity index (χ1v) is 11.0. The van der Waals surface area contributed by atoms with E-state index in [0.717, 1.165) is 28.5 Å². The highest BCUT2D eigenvalue weighted by Crippen LogP contribution is 2.29. The first-order chi connectivity index (χ1) is 13.9. The maximum absolute atomic E-state index is 12.5. The van der Waals surface area contributed by atoms with Gasteiger partial charge in [-0.1, -0.05) is 24.3 Å². The Bertz CT molecular complexity index is 986. The maximum Gasteiger partial charge on any atom is 0.269 e. The van der Waals surface area contributed by atoms with Crippen molar-refractivity contribution in [3.63, 3.8) is 0 Å². The van der Waals surface area contributed by atoms with Crippen molar-refractivity contribution in [1.82, 2.24) is 9.62 Å². The van der Waals surface area contributed by atoms with Crippen LogP contribution in [0.1, 0.15) is 35.7 Å². The molecule has 1 N–H and O–H groups in total. The number of aryl methyl sites for hydroxylation is 1. The molecule has 0 radical (unpaired) electrons. The number of carbonyl (C=O) groups is 2. The maximum atomic E-state index is 12.5. The van der Waals surface area contributed by atoms with E-state index in [9.17, 15) is 18.0 Å². The summed E-state index contributed by atoms with van der Waals surface area (Å²) in [5, 5.41) is 2.78. The van der Waals surface area contributed by atoms with E-state index in [4.69, 9.17) is 4.74 Å². The molecular formula is C21H24N2O5S. The van der Waals surface area contributed by atoms with Crippen LogP contribution in [0.3, 0.4) is 0 Å². The number of fused-ring (bicyclic) bond motifs is 1.